The van der Waals surface area contributed by atoms with Gasteiger partial charge in [-0.05, 0) is 52.2 Å². The van der Waals surface area contributed by atoms with E-state index in [9.17, 15) is 14.7 Å². The molecule has 0 heterocycles. The lowest BCUT2D eigenvalue weighted by Gasteiger charge is -2.09. The molecule has 0 spiro atoms. The first kappa shape index (κ1) is 21.2. The minimum Gasteiger partial charge on any atom is -0.504 e. The number of hydrogen-bond acceptors (Lipinski definition) is 5. The zero-order valence-electron chi connectivity index (χ0n) is 15.2. The molecule has 0 radical (unpaired) electrons. The maximum Gasteiger partial charge on any atom is 0.249 e. The number of para-hydroxylation sites is 1. The summed E-state index contributed by atoms with van der Waals surface area (Å²) in [6, 6.07) is 10.4. The second kappa shape index (κ2) is 10.3. The van der Waals surface area contributed by atoms with Gasteiger partial charge >= 0.3 is 0 Å². The molecule has 0 aliphatic heterocycles. The predicted molar refractivity (Wildman–Crippen MR) is 112 cm³/mol. The van der Waals surface area contributed by atoms with E-state index in [-0.39, 0.29) is 12.2 Å². The van der Waals surface area contributed by atoms with Crippen LogP contribution in [0.1, 0.15) is 17.5 Å². The fourth-order valence-electron chi connectivity index (χ4n) is 2.35. The van der Waals surface area contributed by atoms with Crippen LogP contribution < -0.4 is 15.5 Å². The number of carbonyl (C=O) groups is 2. The molecule has 0 aliphatic carbocycles. The van der Waals surface area contributed by atoms with E-state index in [1.165, 1.54) is 13.3 Å². The number of amides is 2. The Morgan fingerprint density at radius 2 is 2.04 bits per heavy atom. The number of hydrazone groups is 1. The SMILES string of the molecule is C=CCc1cc(C=NNC(=O)CC(=O)Nc2ccccc2Br)cc(OC)c1O. The number of anilines is 1. The largest absolute Gasteiger partial charge is 0.504 e. The normalized spacial score (nSPS) is 10.5. The number of phenolic OH excluding ortho intramolecular Hbond substituents is 1. The molecule has 0 bridgehead atoms. The van der Waals surface area contributed by atoms with E-state index >= 15 is 0 Å². The molecule has 28 heavy (non-hydrogen) atoms. The molecule has 3 N–H and O–H groups in total. The van der Waals surface area contributed by atoms with Gasteiger partial charge in [-0.2, -0.15) is 5.10 Å². The summed E-state index contributed by atoms with van der Waals surface area (Å²) in [6.45, 7) is 3.65. The number of ether oxygens (including phenoxy) is 1. The maximum atomic E-state index is 11.9. The van der Waals surface area contributed by atoms with Gasteiger partial charge in [-0.15, -0.1) is 6.58 Å². The van der Waals surface area contributed by atoms with Crippen molar-refractivity contribution in [3.05, 3.63) is 64.7 Å². The van der Waals surface area contributed by atoms with Crippen molar-refractivity contribution in [2.75, 3.05) is 12.4 Å². The van der Waals surface area contributed by atoms with Crippen molar-refractivity contribution in [1.82, 2.24) is 5.43 Å². The Morgan fingerprint density at radius 1 is 1.29 bits per heavy atom. The third kappa shape index (κ3) is 5.95. The first-order valence-electron chi connectivity index (χ1n) is 8.31. The number of methoxy groups -OCH3 is 1. The lowest BCUT2D eigenvalue weighted by atomic mass is 10.1. The van der Waals surface area contributed by atoms with Crippen molar-refractivity contribution in [2.24, 2.45) is 5.10 Å². The van der Waals surface area contributed by atoms with Gasteiger partial charge in [0.25, 0.3) is 0 Å². The van der Waals surface area contributed by atoms with Crippen molar-refractivity contribution in [2.45, 2.75) is 12.8 Å². The summed E-state index contributed by atoms with van der Waals surface area (Å²) in [5.74, 6) is -0.690. The zero-order chi connectivity index (χ0) is 20.5. The Morgan fingerprint density at radius 3 is 2.71 bits per heavy atom. The molecule has 0 saturated heterocycles. The van der Waals surface area contributed by atoms with Gasteiger partial charge in [-0.25, -0.2) is 5.43 Å². The highest BCUT2D eigenvalue weighted by molar-refractivity contribution is 9.10. The average molecular weight is 446 g/mol. The van der Waals surface area contributed by atoms with Gasteiger partial charge in [0.1, 0.15) is 6.42 Å². The van der Waals surface area contributed by atoms with E-state index in [1.54, 1.807) is 36.4 Å². The Labute approximate surface area is 171 Å². The van der Waals surface area contributed by atoms with Crippen LogP contribution in [0, 0.1) is 0 Å². The molecule has 2 rings (SSSR count). The molecule has 0 fully saturated rings. The Balaban J connectivity index is 1.95. The highest BCUT2D eigenvalue weighted by Crippen LogP contribution is 2.31. The number of phenols is 1. The lowest BCUT2D eigenvalue weighted by Crippen LogP contribution is -2.24. The molecule has 146 valence electrons. The second-order valence-electron chi connectivity index (χ2n) is 5.72. The van der Waals surface area contributed by atoms with E-state index in [4.69, 9.17) is 4.74 Å². The molecule has 7 nitrogen and oxygen atoms in total. The quantitative estimate of drug-likeness (QED) is 0.251. The number of rotatable bonds is 8. The van der Waals surface area contributed by atoms with Crippen LogP contribution in [0.2, 0.25) is 0 Å². The van der Waals surface area contributed by atoms with E-state index in [0.29, 0.717) is 29.0 Å². The predicted octanol–water partition coefficient (Wildman–Crippen LogP) is 3.37. The third-order valence-corrected chi connectivity index (χ3v) is 4.32. The van der Waals surface area contributed by atoms with Crippen LogP contribution in [0.4, 0.5) is 5.69 Å². The minimum absolute atomic E-state index is 0.0346. The number of nitrogens with zero attached hydrogens (tertiary/aromatic N) is 1. The Bertz CT molecular complexity index is 912. The molecule has 0 unspecified atom stereocenters. The standard InChI is InChI=1S/C20H20BrN3O4/c1-3-6-14-9-13(10-17(28-2)20(14)27)12-22-24-19(26)11-18(25)23-16-8-5-4-7-15(16)21/h3-5,7-10,12,27H,1,6,11H2,2H3,(H,23,25)(H,24,26). The van der Waals surface area contributed by atoms with Crippen LogP contribution in [-0.4, -0.2) is 30.2 Å². The number of benzene rings is 2. The maximum absolute atomic E-state index is 11.9. The monoisotopic (exact) mass is 445 g/mol. The minimum atomic E-state index is -0.558. The van der Waals surface area contributed by atoms with Gasteiger partial charge in [0.2, 0.25) is 11.8 Å². The number of hydrogen-bond donors (Lipinski definition) is 3. The van der Waals surface area contributed by atoms with E-state index in [0.717, 1.165) is 4.47 Å². The van der Waals surface area contributed by atoms with Crippen LogP contribution in [0.3, 0.4) is 0 Å². The molecule has 2 aromatic carbocycles. The van der Waals surface area contributed by atoms with Crippen molar-refractivity contribution in [3.63, 3.8) is 0 Å². The van der Waals surface area contributed by atoms with Crippen molar-refractivity contribution in [1.29, 1.82) is 0 Å². The molecule has 0 saturated carbocycles. The fraction of sp³-hybridized carbons (Fsp3) is 0.150. The molecular formula is C20H20BrN3O4. The molecular weight excluding hydrogens is 426 g/mol. The Hall–Kier alpha value is -3.13. The van der Waals surface area contributed by atoms with Gasteiger partial charge in [0.05, 0.1) is 19.0 Å². The zero-order valence-corrected chi connectivity index (χ0v) is 16.8. The molecule has 0 atom stereocenters. The lowest BCUT2D eigenvalue weighted by molar-refractivity contribution is -0.126. The molecule has 0 aliphatic rings. The van der Waals surface area contributed by atoms with Crippen LogP contribution in [-0.2, 0) is 16.0 Å². The number of nitrogens with one attached hydrogen (secondary N) is 2. The summed E-state index contributed by atoms with van der Waals surface area (Å²) >= 11 is 3.32. The van der Waals surface area contributed by atoms with Gasteiger partial charge in [-0.1, -0.05) is 18.2 Å². The van der Waals surface area contributed by atoms with E-state index < -0.39 is 11.8 Å². The first-order chi connectivity index (χ1) is 13.4. The molecule has 2 aromatic rings. The summed E-state index contributed by atoms with van der Waals surface area (Å²) in [5, 5.41) is 16.6. The summed E-state index contributed by atoms with van der Waals surface area (Å²) in [4.78, 5) is 23.8. The fourth-order valence-corrected chi connectivity index (χ4v) is 2.74. The van der Waals surface area contributed by atoms with Gasteiger partial charge in [0, 0.05) is 10.0 Å². The number of allylic oxidation sites excluding steroid dienone is 1. The van der Waals surface area contributed by atoms with Gasteiger partial charge in [0.15, 0.2) is 11.5 Å². The average Bonchev–Trinajstić information content (AvgIpc) is 2.66. The first-order valence-corrected chi connectivity index (χ1v) is 9.11. The number of halogens is 1. The third-order valence-electron chi connectivity index (χ3n) is 3.63. The molecule has 2 amide bonds. The highest BCUT2D eigenvalue weighted by Gasteiger charge is 2.11. The van der Waals surface area contributed by atoms with Crippen molar-refractivity contribution in [3.8, 4) is 11.5 Å². The Kier molecular flexibility index (Phi) is 7.76. The number of carbonyl (C=O) groups excluding carboxylic acids is 2. The van der Waals surface area contributed by atoms with Crippen LogP contribution in [0.25, 0.3) is 0 Å². The van der Waals surface area contributed by atoms with Gasteiger partial charge in [-0.3, -0.25) is 9.59 Å². The second-order valence-corrected chi connectivity index (χ2v) is 6.58. The van der Waals surface area contributed by atoms with Crippen molar-refractivity contribution >= 4 is 39.6 Å². The summed E-state index contributed by atoms with van der Waals surface area (Å²) in [6.07, 6.45) is 3.13. The topological polar surface area (TPSA) is 100 Å². The van der Waals surface area contributed by atoms with Crippen LogP contribution >= 0.6 is 15.9 Å². The summed E-state index contributed by atoms with van der Waals surface area (Å²) < 4.78 is 5.85. The summed E-state index contributed by atoms with van der Waals surface area (Å²) in [7, 11) is 1.44. The van der Waals surface area contributed by atoms with Crippen molar-refractivity contribution < 1.29 is 19.4 Å². The molecule has 8 heteroatoms. The molecule has 0 aromatic heterocycles. The van der Waals surface area contributed by atoms with E-state index in [1.807, 2.05) is 6.07 Å². The highest BCUT2D eigenvalue weighted by atomic mass is 79.9. The van der Waals surface area contributed by atoms with Crippen LogP contribution in [0.5, 0.6) is 11.5 Å². The number of aromatic hydroxyl groups is 1. The van der Waals surface area contributed by atoms with Gasteiger partial charge < -0.3 is 15.2 Å². The van der Waals surface area contributed by atoms with Crippen LogP contribution in [0.15, 0.2) is 58.6 Å². The summed E-state index contributed by atoms with van der Waals surface area (Å²) in [5.41, 5.74) is 4.11. The smallest absolute Gasteiger partial charge is 0.249 e. The van der Waals surface area contributed by atoms with E-state index in [2.05, 4.69) is 38.4 Å².